The topological polar surface area (TPSA) is 92.3 Å². The molecule has 3 rings (SSSR count). The molecule has 0 aliphatic heterocycles. The molecule has 1 saturated carbocycles. The van der Waals surface area contributed by atoms with Crippen LogP contribution in [0.15, 0.2) is 36.5 Å². The summed E-state index contributed by atoms with van der Waals surface area (Å²) in [6.45, 7) is 0. The quantitative estimate of drug-likeness (QED) is 0.303. The van der Waals surface area contributed by atoms with Crippen LogP contribution in [0.3, 0.4) is 0 Å². The molecule has 0 saturated heterocycles. The van der Waals surface area contributed by atoms with Crippen LogP contribution in [0.2, 0.25) is 5.02 Å². The summed E-state index contributed by atoms with van der Waals surface area (Å²) >= 11 is 5.88. The van der Waals surface area contributed by atoms with Crippen molar-refractivity contribution in [1.29, 1.82) is 5.41 Å². The highest BCUT2D eigenvalue weighted by atomic mass is 35.5. The van der Waals surface area contributed by atoms with Gasteiger partial charge in [0.1, 0.15) is 17.4 Å². The SMILES string of the molecule is N=C([C@H](c1cc(F)cc(OC(F)(F)C(F)F)c1)c1ccc(Cl)cn1)N(C(N)=O)C1CCCC1. The van der Waals surface area contributed by atoms with E-state index < -0.39 is 36.0 Å². The number of ether oxygens (including phenoxy) is 1. The molecule has 0 unspecified atom stereocenters. The fraction of sp³-hybridized carbons (Fsp3) is 0.381. The maximum absolute atomic E-state index is 14.3. The molecule has 0 bridgehead atoms. The molecule has 1 atom stereocenters. The first kappa shape index (κ1) is 24.7. The zero-order valence-electron chi connectivity index (χ0n) is 17.1. The van der Waals surface area contributed by atoms with Gasteiger partial charge in [-0.05, 0) is 42.7 Å². The molecule has 2 aromatic rings. The molecule has 33 heavy (non-hydrogen) atoms. The lowest BCUT2D eigenvalue weighted by atomic mass is 9.92. The van der Waals surface area contributed by atoms with E-state index in [2.05, 4.69) is 9.72 Å². The lowest BCUT2D eigenvalue weighted by Gasteiger charge is -2.32. The van der Waals surface area contributed by atoms with Crippen molar-refractivity contribution >= 4 is 23.5 Å². The molecule has 0 spiro atoms. The average Bonchev–Trinajstić information content (AvgIpc) is 3.22. The minimum absolute atomic E-state index is 0.126. The third-order valence-corrected chi connectivity index (χ3v) is 5.46. The van der Waals surface area contributed by atoms with Crippen LogP contribution in [0.5, 0.6) is 5.75 Å². The first-order valence-electron chi connectivity index (χ1n) is 9.93. The number of alkyl halides is 4. The van der Waals surface area contributed by atoms with Gasteiger partial charge in [-0.1, -0.05) is 24.4 Å². The van der Waals surface area contributed by atoms with Crippen molar-refractivity contribution in [2.45, 2.75) is 50.2 Å². The summed E-state index contributed by atoms with van der Waals surface area (Å²) in [6.07, 6.45) is -4.96. The van der Waals surface area contributed by atoms with Gasteiger partial charge < -0.3 is 10.5 Å². The maximum atomic E-state index is 14.3. The molecule has 6 nitrogen and oxygen atoms in total. The molecular weight excluding hydrogens is 471 g/mol. The van der Waals surface area contributed by atoms with Crippen molar-refractivity contribution < 1.29 is 31.5 Å². The van der Waals surface area contributed by atoms with E-state index in [1.807, 2.05) is 0 Å². The van der Waals surface area contributed by atoms with Crippen molar-refractivity contribution in [2.24, 2.45) is 5.73 Å². The number of urea groups is 1. The summed E-state index contributed by atoms with van der Waals surface area (Å²) in [5.74, 6) is -3.59. The summed E-state index contributed by atoms with van der Waals surface area (Å²) in [7, 11) is 0. The molecule has 1 fully saturated rings. The van der Waals surface area contributed by atoms with Gasteiger partial charge >= 0.3 is 18.6 Å². The highest BCUT2D eigenvalue weighted by molar-refractivity contribution is 6.30. The Morgan fingerprint density at radius 3 is 2.45 bits per heavy atom. The van der Waals surface area contributed by atoms with E-state index in [0.717, 1.165) is 29.9 Å². The van der Waals surface area contributed by atoms with Crippen LogP contribution in [-0.2, 0) is 0 Å². The summed E-state index contributed by atoms with van der Waals surface area (Å²) < 4.78 is 70.4. The number of aromatic nitrogens is 1. The van der Waals surface area contributed by atoms with E-state index in [1.54, 1.807) is 0 Å². The number of pyridine rings is 1. The lowest BCUT2D eigenvalue weighted by molar-refractivity contribution is -0.253. The molecule has 178 valence electrons. The molecule has 1 aromatic carbocycles. The number of nitrogens with zero attached hydrogens (tertiary/aromatic N) is 2. The Kier molecular flexibility index (Phi) is 7.41. The number of carbonyl (C=O) groups excluding carboxylic acids is 1. The van der Waals surface area contributed by atoms with E-state index in [1.165, 1.54) is 18.3 Å². The van der Waals surface area contributed by atoms with Crippen molar-refractivity contribution in [3.05, 3.63) is 58.6 Å². The van der Waals surface area contributed by atoms with Crippen LogP contribution in [0, 0.1) is 11.2 Å². The number of primary amides is 1. The Hall–Kier alpha value is -2.95. The van der Waals surface area contributed by atoms with Crippen molar-refractivity contribution in [3.8, 4) is 5.75 Å². The Morgan fingerprint density at radius 2 is 1.91 bits per heavy atom. The number of nitrogens with one attached hydrogen (secondary N) is 1. The molecule has 1 aliphatic rings. The number of nitrogens with two attached hydrogens (primary N) is 1. The normalized spacial score (nSPS) is 15.5. The molecule has 12 heteroatoms. The van der Waals surface area contributed by atoms with E-state index in [-0.39, 0.29) is 28.2 Å². The average molecular weight is 491 g/mol. The van der Waals surface area contributed by atoms with E-state index in [9.17, 15) is 26.7 Å². The van der Waals surface area contributed by atoms with Crippen molar-refractivity contribution in [1.82, 2.24) is 9.88 Å². The third-order valence-electron chi connectivity index (χ3n) is 5.24. The van der Waals surface area contributed by atoms with Crippen LogP contribution >= 0.6 is 11.6 Å². The zero-order chi connectivity index (χ0) is 24.3. The predicted molar refractivity (Wildman–Crippen MR) is 110 cm³/mol. The smallest absolute Gasteiger partial charge is 0.428 e. The van der Waals surface area contributed by atoms with Gasteiger partial charge in [-0.3, -0.25) is 15.3 Å². The Labute approximate surface area is 191 Å². The first-order chi connectivity index (χ1) is 15.5. The summed E-state index contributed by atoms with van der Waals surface area (Å²) in [5.41, 5.74) is 5.54. The Balaban J connectivity index is 2.09. The largest absolute Gasteiger partial charge is 0.461 e. The monoisotopic (exact) mass is 490 g/mol. The molecule has 3 N–H and O–H groups in total. The number of carbonyl (C=O) groups is 1. The van der Waals surface area contributed by atoms with Gasteiger partial charge in [0.25, 0.3) is 0 Å². The van der Waals surface area contributed by atoms with Crippen LogP contribution < -0.4 is 10.5 Å². The molecular formula is C21H20ClF5N4O2. The summed E-state index contributed by atoms with van der Waals surface area (Å²) in [4.78, 5) is 17.4. The van der Waals surface area contributed by atoms with Gasteiger partial charge in [-0.15, -0.1) is 0 Å². The van der Waals surface area contributed by atoms with Crippen molar-refractivity contribution in [2.75, 3.05) is 0 Å². The highest BCUT2D eigenvalue weighted by Crippen LogP contribution is 2.35. The molecule has 1 aromatic heterocycles. The highest BCUT2D eigenvalue weighted by Gasteiger charge is 2.44. The number of hydrogen-bond acceptors (Lipinski definition) is 4. The Bertz CT molecular complexity index is 1020. The summed E-state index contributed by atoms with van der Waals surface area (Å²) in [5, 5.41) is 8.99. The summed E-state index contributed by atoms with van der Waals surface area (Å²) in [6, 6.07) is 3.88. The van der Waals surface area contributed by atoms with Gasteiger partial charge in [0.15, 0.2) is 0 Å². The minimum atomic E-state index is -4.87. The number of rotatable bonds is 7. The first-order valence-corrected chi connectivity index (χ1v) is 10.3. The lowest BCUT2D eigenvalue weighted by Crippen LogP contribution is -2.48. The minimum Gasteiger partial charge on any atom is -0.428 e. The number of halogens is 6. The van der Waals surface area contributed by atoms with Crippen LogP contribution in [0.4, 0.5) is 26.7 Å². The Morgan fingerprint density at radius 1 is 1.24 bits per heavy atom. The number of amidine groups is 1. The molecule has 1 aliphatic carbocycles. The van der Waals surface area contributed by atoms with Gasteiger partial charge in [0, 0.05) is 18.3 Å². The second-order valence-electron chi connectivity index (χ2n) is 7.55. The maximum Gasteiger partial charge on any atom is 0.461 e. The molecule has 1 heterocycles. The van der Waals surface area contributed by atoms with Gasteiger partial charge in [0.05, 0.1) is 16.6 Å². The zero-order valence-corrected chi connectivity index (χ0v) is 17.8. The fourth-order valence-corrected chi connectivity index (χ4v) is 3.95. The van der Waals surface area contributed by atoms with Gasteiger partial charge in [0.2, 0.25) is 0 Å². The number of hydrogen-bond donors (Lipinski definition) is 2. The van der Waals surface area contributed by atoms with E-state index in [0.29, 0.717) is 18.9 Å². The van der Waals surface area contributed by atoms with E-state index in [4.69, 9.17) is 22.7 Å². The molecule has 0 radical (unpaired) electrons. The second kappa shape index (κ2) is 9.90. The second-order valence-corrected chi connectivity index (χ2v) is 7.99. The van der Waals surface area contributed by atoms with Crippen molar-refractivity contribution in [3.63, 3.8) is 0 Å². The number of amides is 2. The fourth-order valence-electron chi connectivity index (χ4n) is 3.84. The van der Waals surface area contributed by atoms with Gasteiger partial charge in [-0.25, -0.2) is 9.18 Å². The predicted octanol–water partition coefficient (Wildman–Crippen LogP) is 5.54. The van der Waals surface area contributed by atoms with Crippen LogP contribution in [0.1, 0.15) is 42.9 Å². The van der Waals surface area contributed by atoms with Gasteiger partial charge in [-0.2, -0.15) is 17.6 Å². The number of benzene rings is 1. The third kappa shape index (κ3) is 5.70. The molecule has 2 amide bonds. The van der Waals surface area contributed by atoms with Crippen LogP contribution in [0.25, 0.3) is 0 Å². The van der Waals surface area contributed by atoms with E-state index >= 15 is 0 Å². The standard InChI is InChI=1S/C21H20ClF5N4O2/c22-12-5-6-16(30-10-12)17(18(28)31(20(29)32)14-3-1-2-4-14)11-7-13(23)9-15(8-11)33-21(26,27)19(24)25/h5-10,14,17,19,28H,1-4H2,(H2,29,32)/t17-/m1/s1. The van der Waals surface area contributed by atoms with Crippen LogP contribution in [-0.4, -0.2) is 40.3 Å².